The molecule has 4 N–H and O–H groups in total. The summed E-state index contributed by atoms with van der Waals surface area (Å²) in [6.07, 6.45) is -5.87. The maximum Gasteiger partial charge on any atom is 0.303 e. The van der Waals surface area contributed by atoms with Crippen molar-refractivity contribution in [1.29, 1.82) is 0 Å². The van der Waals surface area contributed by atoms with Crippen LogP contribution in [0.4, 0.5) is 0 Å². The fourth-order valence-electron chi connectivity index (χ4n) is 4.46. The molecule has 0 spiro atoms. The number of aliphatic hydroxyl groups excluding tert-OH is 1. The van der Waals surface area contributed by atoms with E-state index in [0.29, 0.717) is 12.8 Å². The van der Waals surface area contributed by atoms with Gasteiger partial charge in [-0.25, -0.2) is 0 Å². The van der Waals surface area contributed by atoms with Gasteiger partial charge in [0.2, 0.25) is 17.5 Å². The lowest BCUT2D eigenvalue weighted by Crippen LogP contribution is -2.61. The highest BCUT2D eigenvalue weighted by atomic mass is 16.7. The molecule has 4 rings (SSSR count). The van der Waals surface area contributed by atoms with Gasteiger partial charge in [-0.2, -0.15) is 0 Å². The van der Waals surface area contributed by atoms with E-state index in [2.05, 4.69) is 0 Å². The van der Waals surface area contributed by atoms with E-state index in [4.69, 9.17) is 23.4 Å². The summed E-state index contributed by atoms with van der Waals surface area (Å²) >= 11 is 0. The van der Waals surface area contributed by atoms with E-state index in [1.807, 2.05) is 6.92 Å². The molecule has 12 heteroatoms. The predicted octanol–water partition coefficient (Wildman–Crippen LogP) is 2.70. The molecule has 1 fully saturated rings. The summed E-state index contributed by atoms with van der Waals surface area (Å²) in [6, 6.07) is 7.64. The van der Waals surface area contributed by atoms with Crippen LogP contribution in [0.3, 0.4) is 0 Å². The molecule has 208 valence electrons. The molecule has 0 radical (unpaired) electrons. The minimum Gasteiger partial charge on any atom is -0.508 e. The SMILES string of the molecule is CCC[C@@H]1O[C@@H](Oc2c(-c3ccc(O)cc3)oc3cc(O)cc(O)c3c2=O)[C@H](O)[C@H](OC(C)=O)[C@H]1OC(C)=O. The van der Waals surface area contributed by atoms with Crippen LogP contribution in [0.2, 0.25) is 0 Å². The van der Waals surface area contributed by atoms with Gasteiger partial charge in [0.25, 0.3) is 0 Å². The molecule has 1 aliphatic heterocycles. The highest BCUT2D eigenvalue weighted by Gasteiger charge is 2.50. The van der Waals surface area contributed by atoms with Gasteiger partial charge in [-0.05, 0) is 30.7 Å². The second-order valence-electron chi connectivity index (χ2n) is 9.06. The molecule has 3 aromatic rings. The van der Waals surface area contributed by atoms with Crippen LogP contribution in [0.25, 0.3) is 22.3 Å². The Labute approximate surface area is 221 Å². The number of phenolic OH excluding ortho intramolecular Hbond substituents is 3. The molecular formula is C27H28O12. The van der Waals surface area contributed by atoms with Gasteiger partial charge in [-0.1, -0.05) is 13.3 Å². The Kier molecular flexibility index (Phi) is 7.98. The summed E-state index contributed by atoms with van der Waals surface area (Å²) in [5, 5.41) is 40.8. The lowest BCUT2D eigenvalue weighted by Gasteiger charge is -2.43. The number of rotatable bonds is 7. The fraction of sp³-hybridized carbons (Fsp3) is 0.370. The van der Waals surface area contributed by atoms with Crippen LogP contribution < -0.4 is 10.2 Å². The largest absolute Gasteiger partial charge is 0.508 e. The summed E-state index contributed by atoms with van der Waals surface area (Å²) in [5.74, 6) is -3.07. The zero-order valence-corrected chi connectivity index (χ0v) is 21.3. The predicted molar refractivity (Wildman–Crippen MR) is 134 cm³/mol. The van der Waals surface area contributed by atoms with Crippen LogP contribution in [0.15, 0.2) is 45.6 Å². The summed E-state index contributed by atoms with van der Waals surface area (Å²) in [5.41, 5.74) is -0.741. The van der Waals surface area contributed by atoms with Gasteiger partial charge in [-0.15, -0.1) is 0 Å². The summed E-state index contributed by atoms with van der Waals surface area (Å²) in [4.78, 5) is 37.3. The maximum atomic E-state index is 13.6. The number of hydrogen-bond donors (Lipinski definition) is 4. The number of hydrogen-bond acceptors (Lipinski definition) is 12. The zero-order chi connectivity index (χ0) is 28.4. The highest BCUT2D eigenvalue weighted by Crippen LogP contribution is 2.38. The van der Waals surface area contributed by atoms with Crippen molar-refractivity contribution >= 4 is 22.9 Å². The number of carbonyl (C=O) groups excluding carboxylic acids is 2. The third kappa shape index (κ3) is 5.76. The first-order valence-corrected chi connectivity index (χ1v) is 12.2. The van der Waals surface area contributed by atoms with E-state index in [0.717, 1.165) is 26.0 Å². The van der Waals surface area contributed by atoms with Gasteiger partial charge in [0, 0.05) is 31.5 Å². The Bertz CT molecular complexity index is 1430. The second-order valence-corrected chi connectivity index (χ2v) is 9.06. The van der Waals surface area contributed by atoms with Gasteiger partial charge in [0.15, 0.2) is 24.1 Å². The molecule has 0 bridgehead atoms. The van der Waals surface area contributed by atoms with Crippen molar-refractivity contribution < 1.29 is 53.4 Å². The monoisotopic (exact) mass is 544 g/mol. The number of aromatic hydroxyl groups is 3. The minimum atomic E-state index is -1.72. The summed E-state index contributed by atoms with van der Waals surface area (Å²) < 4.78 is 28.3. The lowest BCUT2D eigenvalue weighted by atomic mass is 9.95. The van der Waals surface area contributed by atoms with Gasteiger partial charge in [0.05, 0.1) is 0 Å². The van der Waals surface area contributed by atoms with Crippen molar-refractivity contribution in [3.05, 3.63) is 46.6 Å². The Morgan fingerprint density at radius 2 is 1.59 bits per heavy atom. The standard InChI is InChI=1S/C27H28O12/c1-4-5-18-24(35-12(2)28)26(36-13(3)29)22(34)27(38-18)39-25-21(33)20-17(32)10-16(31)11-19(20)37-23(25)14-6-8-15(30)9-7-14/h6-11,18,22,24,26-27,30-32,34H,4-5H2,1-3H3/t18-,22+,24-,26-,27-/m0/s1. The number of phenols is 3. The number of benzene rings is 2. The average molecular weight is 545 g/mol. The molecule has 5 atom stereocenters. The molecule has 12 nitrogen and oxygen atoms in total. The summed E-state index contributed by atoms with van der Waals surface area (Å²) in [7, 11) is 0. The molecule has 0 aliphatic carbocycles. The van der Waals surface area contributed by atoms with Gasteiger partial charge < -0.3 is 43.8 Å². The number of carbonyl (C=O) groups is 2. The first-order chi connectivity index (χ1) is 18.5. The van der Waals surface area contributed by atoms with E-state index >= 15 is 0 Å². The topological polar surface area (TPSA) is 182 Å². The van der Waals surface area contributed by atoms with E-state index < -0.39 is 59.6 Å². The first-order valence-electron chi connectivity index (χ1n) is 12.2. The van der Waals surface area contributed by atoms with Crippen molar-refractivity contribution in [2.24, 2.45) is 0 Å². The van der Waals surface area contributed by atoms with Crippen molar-refractivity contribution in [3.8, 4) is 34.3 Å². The zero-order valence-electron chi connectivity index (χ0n) is 21.3. The first kappa shape index (κ1) is 27.7. The van der Waals surface area contributed by atoms with Crippen molar-refractivity contribution in [1.82, 2.24) is 0 Å². The third-order valence-corrected chi connectivity index (χ3v) is 6.07. The van der Waals surface area contributed by atoms with Gasteiger partial charge in [-0.3, -0.25) is 14.4 Å². The van der Waals surface area contributed by atoms with Crippen LogP contribution in [0, 0.1) is 0 Å². The molecule has 1 aromatic heterocycles. The molecule has 2 aromatic carbocycles. The highest BCUT2D eigenvalue weighted by molar-refractivity contribution is 5.88. The number of esters is 2. The van der Waals surface area contributed by atoms with Crippen LogP contribution in [-0.4, -0.2) is 63.1 Å². The number of fused-ring (bicyclic) bond motifs is 1. The molecule has 0 unspecified atom stereocenters. The third-order valence-electron chi connectivity index (χ3n) is 6.07. The van der Waals surface area contributed by atoms with Crippen molar-refractivity contribution in [2.45, 2.75) is 64.3 Å². The number of ether oxygens (including phenoxy) is 4. The molecule has 1 aliphatic rings. The smallest absolute Gasteiger partial charge is 0.303 e. The molecule has 2 heterocycles. The lowest BCUT2D eigenvalue weighted by molar-refractivity contribution is -0.280. The number of aliphatic hydroxyl groups is 1. The quantitative estimate of drug-likeness (QED) is 0.320. The average Bonchev–Trinajstić information content (AvgIpc) is 2.85. The molecule has 0 saturated carbocycles. The summed E-state index contributed by atoms with van der Waals surface area (Å²) in [6.45, 7) is 4.13. The van der Waals surface area contributed by atoms with E-state index in [1.54, 1.807) is 0 Å². The Balaban J connectivity index is 1.85. The van der Waals surface area contributed by atoms with E-state index in [1.165, 1.54) is 24.3 Å². The van der Waals surface area contributed by atoms with Crippen LogP contribution in [0.5, 0.6) is 23.0 Å². The Morgan fingerprint density at radius 3 is 2.21 bits per heavy atom. The normalized spacial score (nSPS) is 22.8. The van der Waals surface area contributed by atoms with Crippen LogP contribution >= 0.6 is 0 Å². The van der Waals surface area contributed by atoms with Crippen LogP contribution in [0.1, 0.15) is 33.6 Å². The molecule has 39 heavy (non-hydrogen) atoms. The van der Waals surface area contributed by atoms with E-state index in [-0.39, 0.29) is 33.8 Å². The van der Waals surface area contributed by atoms with Gasteiger partial charge in [0.1, 0.15) is 34.3 Å². The Hall–Kier alpha value is -4.29. The maximum absolute atomic E-state index is 13.6. The van der Waals surface area contributed by atoms with Crippen LogP contribution in [-0.2, 0) is 23.8 Å². The minimum absolute atomic E-state index is 0.0613. The molecular weight excluding hydrogens is 516 g/mol. The Morgan fingerprint density at radius 1 is 0.949 bits per heavy atom. The molecule has 1 saturated heterocycles. The van der Waals surface area contributed by atoms with E-state index in [9.17, 15) is 34.8 Å². The van der Waals surface area contributed by atoms with Crippen molar-refractivity contribution in [3.63, 3.8) is 0 Å². The molecule has 0 amide bonds. The fourth-order valence-corrected chi connectivity index (χ4v) is 4.46. The second kappa shape index (κ2) is 11.2. The van der Waals surface area contributed by atoms with Crippen molar-refractivity contribution in [2.75, 3.05) is 0 Å². The van der Waals surface area contributed by atoms with Gasteiger partial charge >= 0.3 is 11.9 Å².